The molecule has 0 radical (unpaired) electrons. The van der Waals surface area contributed by atoms with Crippen molar-refractivity contribution in [2.45, 2.75) is 33.0 Å². The predicted molar refractivity (Wildman–Crippen MR) is 75.4 cm³/mol. The lowest BCUT2D eigenvalue weighted by molar-refractivity contribution is -0.384. The fourth-order valence-electron chi connectivity index (χ4n) is 1.81. The van der Waals surface area contributed by atoms with Gasteiger partial charge in [-0.05, 0) is 31.9 Å². The lowest BCUT2D eigenvalue weighted by Crippen LogP contribution is -2.18. The fourth-order valence-corrected chi connectivity index (χ4v) is 1.81. The number of carbonyl (C=O) groups is 1. The third kappa shape index (κ3) is 5.13. The molecule has 21 heavy (non-hydrogen) atoms. The molecule has 0 aromatic heterocycles. The molecule has 0 amide bonds. The average molecular weight is 297 g/mol. The first-order valence-electron chi connectivity index (χ1n) is 6.55. The van der Waals surface area contributed by atoms with E-state index in [1.54, 1.807) is 6.92 Å². The van der Waals surface area contributed by atoms with Crippen LogP contribution in [0.3, 0.4) is 0 Å². The van der Waals surface area contributed by atoms with Crippen molar-refractivity contribution >= 4 is 11.7 Å². The van der Waals surface area contributed by atoms with E-state index in [2.05, 4.69) is 0 Å². The van der Waals surface area contributed by atoms with E-state index in [0.29, 0.717) is 12.0 Å². The molecule has 7 heteroatoms. The topological polar surface area (TPSA) is 98.9 Å². The molecule has 0 unspecified atom stereocenters. The molecule has 1 heterocycles. The van der Waals surface area contributed by atoms with Gasteiger partial charge in [-0.15, -0.1) is 0 Å². The van der Waals surface area contributed by atoms with Gasteiger partial charge in [-0.1, -0.05) is 6.92 Å². The van der Waals surface area contributed by atoms with E-state index in [4.69, 9.17) is 14.6 Å². The van der Waals surface area contributed by atoms with Crippen molar-refractivity contribution in [3.05, 3.63) is 39.4 Å². The summed E-state index contributed by atoms with van der Waals surface area (Å²) in [5, 5.41) is 19.2. The summed E-state index contributed by atoms with van der Waals surface area (Å²) in [6.45, 7) is 7.07. The first kappa shape index (κ1) is 17.1. The summed E-state index contributed by atoms with van der Waals surface area (Å²) in [5.74, 6) is -1.36. The van der Waals surface area contributed by atoms with Gasteiger partial charge in [0.25, 0.3) is 5.69 Å². The van der Waals surface area contributed by atoms with Crippen LogP contribution in [-0.4, -0.2) is 35.0 Å². The smallest absolute Gasteiger partial charge is 0.335 e. The highest BCUT2D eigenvalue weighted by Crippen LogP contribution is 2.18. The Morgan fingerprint density at radius 3 is 2.29 bits per heavy atom. The van der Waals surface area contributed by atoms with E-state index in [9.17, 15) is 14.9 Å². The standard InChI is InChI=1S/C9H9NO4.C5H10O2/c1-2-6-5-7(10(13)14)3-4-8(6)9(11)12;1-5(2)6-3-4-7-5/h3-5H,2H2,1H3,(H,11,12);3-4H2,1-2H3. The van der Waals surface area contributed by atoms with Crippen LogP contribution >= 0.6 is 0 Å². The summed E-state index contributed by atoms with van der Waals surface area (Å²) in [6.07, 6.45) is 0.462. The summed E-state index contributed by atoms with van der Waals surface area (Å²) in [7, 11) is 0. The van der Waals surface area contributed by atoms with Gasteiger partial charge in [0.2, 0.25) is 0 Å². The van der Waals surface area contributed by atoms with Crippen LogP contribution in [0.2, 0.25) is 0 Å². The molecule has 1 saturated heterocycles. The van der Waals surface area contributed by atoms with Crippen LogP contribution in [0.15, 0.2) is 18.2 Å². The van der Waals surface area contributed by atoms with Gasteiger partial charge in [0.1, 0.15) is 0 Å². The second kappa shape index (κ2) is 7.14. The fraction of sp³-hybridized carbons (Fsp3) is 0.500. The number of aryl methyl sites for hydroxylation is 1. The molecule has 0 saturated carbocycles. The maximum Gasteiger partial charge on any atom is 0.335 e. The number of rotatable bonds is 3. The van der Waals surface area contributed by atoms with Gasteiger partial charge in [0, 0.05) is 12.1 Å². The quantitative estimate of drug-likeness (QED) is 0.680. The lowest BCUT2D eigenvalue weighted by Gasteiger charge is -2.13. The number of carboxylic acid groups (broad SMARTS) is 1. The van der Waals surface area contributed by atoms with Gasteiger partial charge in [0.05, 0.1) is 23.7 Å². The Bertz CT molecular complexity index is 518. The highest BCUT2D eigenvalue weighted by atomic mass is 16.7. The third-order valence-electron chi connectivity index (χ3n) is 2.89. The van der Waals surface area contributed by atoms with Gasteiger partial charge in [-0.3, -0.25) is 10.1 Å². The SMILES string of the molecule is CC1(C)OCCO1.CCc1cc([N+](=O)[O-])ccc1C(=O)O. The Labute approximate surface area is 122 Å². The van der Waals surface area contributed by atoms with Gasteiger partial charge in [0.15, 0.2) is 5.79 Å². The molecule has 1 aromatic carbocycles. The Balaban J connectivity index is 0.000000262. The molecular weight excluding hydrogens is 278 g/mol. The molecule has 1 N–H and O–H groups in total. The van der Waals surface area contributed by atoms with Crippen molar-refractivity contribution in [3.63, 3.8) is 0 Å². The molecule has 1 aromatic rings. The molecule has 0 atom stereocenters. The Hall–Kier alpha value is -1.99. The third-order valence-corrected chi connectivity index (χ3v) is 2.89. The molecular formula is C14H19NO6. The molecule has 1 fully saturated rings. The summed E-state index contributed by atoms with van der Waals surface area (Å²) in [6, 6.07) is 3.76. The predicted octanol–water partition coefficient (Wildman–Crippen LogP) is 2.62. The van der Waals surface area contributed by atoms with Crippen molar-refractivity contribution < 1.29 is 24.3 Å². The number of aromatic carboxylic acids is 1. The molecule has 0 bridgehead atoms. The number of ether oxygens (including phenoxy) is 2. The zero-order chi connectivity index (χ0) is 16.0. The van der Waals surface area contributed by atoms with Crippen LogP contribution in [-0.2, 0) is 15.9 Å². The molecule has 1 aliphatic rings. The van der Waals surface area contributed by atoms with E-state index in [0.717, 1.165) is 13.2 Å². The maximum atomic E-state index is 10.7. The van der Waals surface area contributed by atoms with Crippen molar-refractivity contribution in [2.24, 2.45) is 0 Å². The van der Waals surface area contributed by atoms with Gasteiger partial charge in [-0.25, -0.2) is 4.79 Å². The van der Waals surface area contributed by atoms with E-state index >= 15 is 0 Å². The Morgan fingerprint density at radius 1 is 1.38 bits per heavy atom. The number of carboxylic acids is 1. The first-order valence-corrected chi connectivity index (χ1v) is 6.55. The van der Waals surface area contributed by atoms with Crippen LogP contribution in [0.25, 0.3) is 0 Å². The summed E-state index contributed by atoms with van der Waals surface area (Å²) in [5.41, 5.74) is 0.525. The van der Waals surface area contributed by atoms with Crippen molar-refractivity contribution in [3.8, 4) is 0 Å². The van der Waals surface area contributed by atoms with Crippen molar-refractivity contribution in [2.75, 3.05) is 13.2 Å². The van der Waals surface area contributed by atoms with Crippen LogP contribution in [0.1, 0.15) is 36.7 Å². The molecule has 7 nitrogen and oxygen atoms in total. The number of nitro benzene ring substituents is 1. The Morgan fingerprint density at radius 2 is 1.95 bits per heavy atom. The highest BCUT2D eigenvalue weighted by molar-refractivity contribution is 5.89. The molecule has 1 aliphatic heterocycles. The number of hydrogen-bond donors (Lipinski definition) is 1. The summed E-state index contributed by atoms with van der Waals surface area (Å²) in [4.78, 5) is 20.6. The average Bonchev–Trinajstić information content (AvgIpc) is 2.83. The number of hydrogen-bond acceptors (Lipinski definition) is 5. The second-order valence-corrected chi connectivity index (χ2v) is 4.85. The van der Waals surface area contributed by atoms with Crippen LogP contribution < -0.4 is 0 Å². The minimum absolute atomic E-state index is 0.0770. The normalized spacial score (nSPS) is 16.0. The zero-order valence-electron chi connectivity index (χ0n) is 12.3. The number of benzene rings is 1. The summed E-state index contributed by atoms with van der Waals surface area (Å²) < 4.78 is 10.2. The monoisotopic (exact) mass is 297 g/mol. The van der Waals surface area contributed by atoms with Crippen LogP contribution in [0.4, 0.5) is 5.69 Å². The zero-order valence-corrected chi connectivity index (χ0v) is 12.3. The second-order valence-electron chi connectivity index (χ2n) is 4.85. The lowest BCUT2D eigenvalue weighted by atomic mass is 10.0. The van der Waals surface area contributed by atoms with Crippen LogP contribution in [0, 0.1) is 10.1 Å². The minimum atomic E-state index is -1.06. The van der Waals surface area contributed by atoms with Gasteiger partial charge < -0.3 is 14.6 Å². The number of non-ortho nitro benzene ring substituents is 1. The van der Waals surface area contributed by atoms with Crippen molar-refractivity contribution in [1.29, 1.82) is 0 Å². The van der Waals surface area contributed by atoms with Gasteiger partial charge >= 0.3 is 5.97 Å². The van der Waals surface area contributed by atoms with E-state index in [1.807, 2.05) is 13.8 Å². The van der Waals surface area contributed by atoms with Crippen LogP contribution in [0.5, 0.6) is 0 Å². The van der Waals surface area contributed by atoms with E-state index in [1.165, 1.54) is 18.2 Å². The van der Waals surface area contributed by atoms with Crippen molar-refractivity contribution in [1.82, 2.24) is 0 Å². The minimum Gasteiger partial charge on any atom is -0.478 e. The maximum absolute atomic E-state index is 10.7. The first-order chi connectivity index (χ1) is 9.76. The van der Waals surface area contributed by atoms with E-state index < -0.39 is 10.9 Å². The molecule has 0 aliphatic carbocycles. The highest BCUT2D eigenvalue weighted by Gasteiger charge is 2.23. The molecule has 2 rings (SSSR count). The van der Waals surface area contributed by atoms with Gasteiger partial charge in [-0.2, -0.15) is 0 Å². The largest absolute Gasteiger partial charge is 0.478 e. The van der Waals surface area contributed by atoms with E-state index in [-0.39, 0.29) is 17.0 Å². The molecule has 0 spiro atoms. The Kier molecular flexibility index (Phi) is 5.80. The number of nitro groups is 1. The molecule has 116 valence electrons. The summed E-state index contributed by atoms with van der Waals surface area (Å²) >= 11 is 0. The number of nitrogens with zero attached hydrogens (tertiary/aromatic N) is 1.